The van der Waals surface area contributed by atoms with Crippen LogP contribution in [0.4, 0.5) is 4.79 Å². The van der Waals surface area contributed by atoms with Crippen molar-refractivity contribution in [1.29, 1.82) is 0 Å². The number of aryl methyl sites for hydroxylation is 1. The number of aliphatic imine (C=N–C) groups is 1. The van der Waals surface area contributed by atoms with E-state index in [0.29, 0.717) is 6.04 Å². The minimum Gasteiger partial charge on any atom is -0.325 e. The van der Waals surface area contributed by atoms with Gasteiger partial charge in [-0.1, -0.05) is 79.4 Å². The molecule has 2 aromatic carbocycles. The number of amides is 2. The summed E-state index contributed by atoms with van der Waals surface area (Å²) in [4.78, 5) is 20.2. The quantitative estimate of drug-likeness (QED) is 0.708. The molecule has 0 aromatic heterocycles. The van der Waals surface area contributed by atoms with E-state index in [1.807, 2.05) is 0 Å². The average Bonchev–Trinajstić information content (AvgIpc) is 3.11. The highest BCUT2D eigenvalue weighted by Gasteiger charge is 2.49. The third-order valence-corrected chi connectivity index (χ3v) is 7.42. The van der Waals surface area contributed by atoms with Crippen LogP contribution in [0.15, 0.2) is 59.6 Å². The Bertz CT molecular complexity index is 965. The van der Waals surface area contributed by atoms with Crippen molar-refractivity contribution in [3.05, 3.63) is 71.3 Å². The number of hydrogen-bond donors (Lipinski definition) is 2. The van der Waals surface area contributed by atoms with Gasteiger partial charge < -0.3 is 5.32 Å². The van der Waals surface area contributed by atoms with Gasteiger partial charge in [-0.05, 0) is 43.7 Å². The maximum absolute atomic E-state index is 12.5. The molecule has 5 rings (SSSR count). The average molecular weight is 431 g/mol. The molecule has 2 amide bonds. The topological polar surface area (TPSA) is 56.7 Å². The van der Waals surface area contributed by atoms with Crippen molar-refractivity contribution in [3.8, 4) is 0 Å². The Labute approximate surface area is 191 Å². The van der Waals surface area contributed by atoms with Crippen LogP contribution in [0, 0.1) is 6.92 Å². The smallest absolute Gasteiger partial charge is 0.321 e. The monoisotopic (exact) mass is 430 g/mol. The zero-order valence-corrected chi connectivity index (χ0v) is 19.0. The summed E-state index contributed by atoms with van der Waals surface area (Å²) in [6.07, 6.45) is 7.79. The van der Waals surface area contributed by atoms with Gasteiger partial charge in [-0.3, -0.25) is 15.2 Å². The number of nitrogens with zero attached hydrogens (tertiary/aromatic N) is 2. The van der Waals surface area contributed by atoms with Crippen LogP contribution < -0.4 is 10.6 Å². The second kappa shape index (κ2) is 9.07. The van der Waals surface area contributed by atoms with Crippen LogP contribution >= 0.6 is 0 Å². The number of amidine groups is 1. The van der Waals surface area contributed by atoms with Crippen LogP contribution in [-0.2, 0) is 6.54 Å². The summed E-state index contributed by atoms with van der Waals surface area (Å²) in [5.74, 6) is 0.880. The number of hydrogen-bond acceptors (Lipinski definition) is 3. The molecule has 168 valence electrons. The van der Waals surface area contributed by atoms with Gasteiger partial charge in [-0.25, -0.2) is 4.79 Å². The Balaban J connectivity index is 1.45. The molecular formula is C27H34N4O. The molecule has 2 unspecified atom stereocenters. The molecule has 2 heterocycles. The first-order chi connectivity index (χ1) is 15.6. The molecular weight excluding hydrogens is 396 g/mol. The fourth-order valence-corrected chi connectivity index (χ4v) is 5.59. The van der Waals surface area contributed by atoms with Gasteiger partial charge >= 0.3 is 6.03 Å². The highest BCUT2D eigenvalue weighted by Crippen LogP contribution is 2.40. The lowest BCUT2D eigenvalue weighted by Gasteiger charge is -2.45. The lowest BCUT2D eigenvalue weighted by atomic mass is 9.79. The molecule has 0 radical (unpaired) electrons. The van der Waals surface area contributed by atoms with Crippen LogP contribution in [0.1, 0.15) is 67.7 Å². The number of benzene rings is 2. The molecule has 2 aromatic rings. The molecule has 1 saturated carbocycles. The molecule has 1 spiro atoms. The minimum atomic E-state index is -0.392. The maximum Gasteiger partial charge on any atom is 0.321 e. The van der Waals surface area contributed by atoms with Crippen molar-refractivity contribution < 1.29 is 4.79 Å². The summed E-state index contributed by atoms with van der Waals surface area (Å²) in [6.45, 7) is 3.95. The van der Waals surface area contributed by atoms with Crippen molar-refractivity contribution in [3.63, 3.8) is 0 Å². The molecule has 1 aliphatic carbocycles. The van der Waals surface area contributed by atoms with Gasteiger partial charge in [0.25, 0.3) is 0 Å². The summed E-state index contributed by atoms with van der Waals surface area (Å²) < 4.78 is 0. The first-order valence-corrected chi connectivity index (χ1v) is 12.1. The standard InChI is InChI=1S/C27H34N4O/c1-20-12-14-22(15-13-20)24-18-27(16-17-31(24)19-21-8-4-2-5-9-21)25(29-26(32)30-27)28-23-10-6-3-7-11-23/h2,4-5,8-9,12-15,23-24H,3,6-7,10-11,16-19H2,1H3,(H2,28,29,30,32). The van der Waals surface area contributed by atoms with E-state index in [1.165, 1.54) is 36.0 Å². The Kier molecular flexibility index (Phi) is 6.01. The zero-order chi connectivity index (χ0) is 22.0. The highest BCUT2D eigenvalue weighted by atomic mass is 16.2. The van der Waals surface area contributed by atoms with Crippen LogP contribution in [0.5, 0.6) is 0 Å². The second-order valence-electron chi connectivity index (χ2n) is 9.77. The van der Waals surface area contributed by atoms with Crippen molar-refractivity contribution in [1.82, 2.24) is 15.5 Å². The predicted octanol–water partition coefficient (Wildman–Crippen LogP) is 5.11. The fourth-order valence-electron chi connectivity index (χ4n) is 5.59. The van der Waals surface area contributed by atoms with E-state index in [2.05, 4.69) is 77.1 Å². The van der Waals surface area contributed by atoms with Gasteiger partial charge in [0.05, 0.1) is 6.04 Å². The molecule has 32 heavy (non-hydrogen) atoms. The van der Waals surface area contributed by atoms with Crippen LogP contribution in [0.3, 0.4) is 0 Å². The van der Waals surface area contributed by atoms with Crippen molar-refractivity contribution in [2.45, 2.75) is 76.0 Å². The van der Waals surface area contributed by atoms with E-state index in [1.54, 1.807) is 0 Å². The maximum atomic E-state index is 12.5. The van der Waals surface area contributed by atoms with Gasteiger partial charge in [0.1, 0.15) is 11.4 Å². The lowest BCUT2D eigenvalue weighted by Crippen LogP contribution is -2.55. The number of carbonyl (C=O) groups is 1. The van der Waals surface area contributed by atoms with E-state index < -0.39 is 5.54 Å². The summed E-state index contributed by atoms with van der Waals surface area (Å²) >= 11 is 0. The first kappa shape index (κ1) is 21.2. The summed E-state index contributed by atoms with van der Waals surface area (Å²) in [7, 11) is 0. The Morgan fingerprint density at radius 2 is 1.78 bits per heavy atom. The van der Waals surface area contributed by atoms with Gasteiger partial charge in [-0.15, -0.1) is 0 Å². The molecule has 3 aliphatic rings. The lowest BCUT2D eigenvalue weighted by molar-refractivity contribution is 0.104. The van der Waals surface area contributed by atoms with E-state index in [0.717, 1.165) is 44.6 Å². The number of rotatable bonds is 4. The summed E-state index contributed by atoms with van der Waals surface area (Å²) in [6, 6.07) is 20.0. The second-order valence-corrected chi connectivity index (χ2v) is 9.77. The third-order valence-electron chi connectivity index (χ3n) is 7.42. The largest absolute Gasteiger partial charge is 0.325 e. The molecule has 5 nitrogen and oxygen atoms in total. The molecule has 3 fully saturated rings. The van der Waals surface area contributed by atoms with Crippen molar-refractivity contribution >= 4 is 11.9 Å². The van der Waals surface area contributed by atoms with E-state index in [4.69, 9.17) is 4.99 Å². The normalized spacial score (nSPS) is 28.1. The predicted molar refractivity (Wildman–Crippen MR) is 129 cm³/mol. The fraction of sp³-hybridized carbons (Fsp3) is 0.481. The number of nitrogens with one attached hydrogen (secondary N) is 2. The third kappa shape index (κ3) is 4.44. The molecule has 5 heteroatoms. The molecule has 2 saturated heterocycles. The number of piperidine rings is 1. The molecule has 0 bridgehead atoms. The van der Waals surface area contributed by atoms with E-state index in [9.17, 15) is 4.79 Å². The van der Waals surface area contributed by atoms with Crippen molar-refractivity contribution in [2.75, 3.05) is 6.54 Å². The minimum absolute atomic E-state index is 0.0984. The van der Waals surface area contributed by atoms with Crippen LogP contribution in [-0.4, -0.2) is 34.9 Å². The molecule has 2 aliphatic heterocycles. The summed E-state index contributed by atoms with van der Waals surface area (Å²) in [5, 5.41) is 6.39. The van der Waals surface area contributed by atoms with Gasteiger partial charge in [-0.2, -0.15) is 0 Å². The zero-order valence-electron chi connectivity index (χ0n) is 19.0. The Morgan fingerprint density at radius 3 is 2.53 bits per heavy atom. The Hall–Kier alpha value is -2.66. The van der Waals surface area contributed by atoms with Crippen molar-refractivity contribution in [2.24, 2.45) is 4.99 Å². The molecule has 2 N–H and O–H groups in total. The molecule has 2 atom stereocenters. The van der Waals surface area contributed by atoms with Gasteiger partial charge in [0.15, 0.2) is 0 Å². The Morgan fingerprint density at radius 1 is 1.03 bits per heavy atom. The number of carbonyl (C=O) groups excluding carboxylic acids is 1. The first-order valence-electron chi connectivity index (χ1n) is 12.1. The summed E-state index contributed by atoms with van der Waals surface area (Å²) in [5.41, 5.74) is 3.51. The SMILES string of the molecule is Cc1ccc(C2CC3(CCN2Cc2ccccc2)NC(=O)NC3=NC2CCCCC2)cc1. The van der Waals surface area contributed by atoms with Crippen LogP contribution in [0.2, 0.25) is 0 Å². The number of urea groups is 1. The van der Waals surface area contributed by atoms with Gasteiger partial charge in [0, 0.05) is 19.1 Å². The van der Waals surface area contributed by atoms with E-state index >= 15 is 0 Å². The van der Waals surface area contributed by atoms with Crippen LogP contribution in [0.25, 0.3) is 0 Å². The number of likely N-dealkylation sites (tertiary alicyclic amines) is 1. The van der Waals surface area contributed by atoms with Gasteiger partial charge in [0.2, 0.25) is 0 Å². The van der Waals surface area contributed by atoms with E-state index in [-0.39, 0.29) is 12.1 Å². The highest BCUT2D eigenvalue weighted by molar-refractivity contribution is 6.10.